The Hall–Kier alpha value is -2.58. The zero-order valence-corrected chi connectivity index (χ0v) is 16.6. The maximum atomic E-state index is 12.9. The molecule has 0 aliphatic carbocycles. The number of rotatable bonds is 5. The fourth-order valence-electron chi connectivity index (χ4n) is 3.67. The number of piperidine rings is 1. The molecule has 150 valence electrons. The first-order valence-electron chi connectivity index (χ1n) is 9.16. The van der Waals surface area contributed by atoms with E-state index in [0.717, 1.165) is 4.90 Å². The Morgan fingerprint density at radius 2 is 2.00 bits per heavy atom. The summed E-state index contributed by atoms with van der Waals surface area (Å²) in [4.78, 5) is 40.4. The number of fused-ring (bicyclic) bond motifs is 1. The van der Waals surface area contributed by atoms with Crippen molar-refractivity contribution in [2.75, 3.05) is 25.5 Å². The third-order valence-electron chi connectivity index (χ3n) is 5.43. The lowest BCUT2D eigenvalue weighted by Gasteiger charge is -2.31. The molecule has 1 atom stereocenters. The first-order valence-corrected chi connectivity index (χ1v) is 9.54. The molecule has 2 amide bonds. The molecular weight excluding hydrogens is 384 g/mol. The van der Waals surface area contributed by atoms with Crippen molar-refractivity contribution in [3.05, 3.63) is 28.9 Å². The number of methoxy groups -OCH3 is 1. The van der Waals surface area contributed by atoms with E-state index in [1.54, 1.807) is 18.2 Å². The highest BCUT2D eigenvalue weighted by Gasteiger charge is 2.33. The number of benzene rings is 1. The van der Waals surface area contributed by atoms with Crippen LogP contribution >= 0.6 is 11.6 Å². The number of amides is 2. The molecule has 0 radical (unpaired) electrons. The molecule has 0 saturated carbocycles. The van der Waals surface area contributed by atoms with E-state index in [1.165, 1.54) is 7.11 Å². The number of carbonyl (C=O) groups excluding carboxylic acids is 3. The predicted molar refractivity (Wildman–Crippen MR) is 105 cm³/mol. The molecule has 1 saturated heterocycles. The minimum atomic E-state index is -0.579. The molecule has 1 aliphatic rings. The molecule has 1 fully saturated rings. The minimum absolute atomic E-state index is 0.124. The quantitative estimate of drug-likeness (QED) is 0.546. The van der Waals surface area contributed by atoms with Crippen LogP contribution in [0.1, 0.15) is 30.3 Å². The number of carbonyl (C=O) groups is 3. The predicted octanol–water partition coefficient (Wildman–Crippen LogP) is 0.715. The van der Waals surface area contributed by atoms with E-state index in [4.69, 9.17) is 22.1 Å². The van der Waals surface area contributed by atoms with Gasteiger partial charge in [0.25, 0.3) is 5.91 Å². The molecule has 0 bridgehead atoms. The second-order valence-electron chi connectivity index (χ2n) is 7.10. The van der Waals surface area contributed by atoms with E-state index >= 15 is 0 Å². The fraction of sp³-hybridized carbons (Fsp3) is 0.421. The maximum absolute atomic E-state index is 12.9. The van der Waals surface area contributed by atoms with Crippen LogP contribution in [0.5, 0.6) is 0 Å². The average Bonchev–Trinajstić information content (AvgIpc) is 3.04. The number of aromatic amines is 1. The normalized spacial score (nSPS) is 20.5. The van der Waals surface area contributed by atoms with Crippen molar-refractivity contribution >= 4 is 46.0 Å². The van der Waals surface area contributed by atoms with Crippen LogP contribution < -0.4 is 16.0 Å². The van der Waals surface area contributed by atoms with Gasteiger partial charge in [0.2, 0.25) is 5.91 Å². The first kappa shape index (κ1) is 20.2. The van der Waals surface area contributed by atoms with E-state index in [2.05, 4.69) is 10.3 Å². The van der Waals surface area contributed by atoms with E-state index in [1.807, 2.05) is 6.92 Å². The van der Waals surface area contributed by atoms with Crippen molar-refractivity contribution in [3.63, 3.8) is 0 Å². The zero-order valence-electron chi connectivity index (χ0n) is 15.8. The molecule has 3 rings (SSSR count). The van der Waals surface area contributed by atoms with E-state index in [9.17, 15) is 14.4 Å². The monoisotopic (exact) mass is 407 g/mol. The summed E-state index contributed by atoms with van der Waals surface area (Å²) >= 11 is 6.09. The van der Waals surface area contributed by atoms with Crippen molar-refractivity contribution in [2.24, 2.45) is 11.7 Å². The summed E-state index contributed by atoms with van der Waals surface area (Å²) in [7, 11) is 1.28. The number of hydrogen-bond donors (Lipinski definition) is 4. The number of primary amides is 1. The number of hydrogen-bond acceptors (Lipinski definition) is 4. The number of ether oxygens (including phenoxy) is 1. The third kappa shape index (κ3) is 3.98. The third-order valence-corrected chi connectivity index (χ3v) is 5.67. The van der Waals surface area contributed by atoms with Crippen molar-refractivity contribution in [1.29, 1.82) is 0 Å². The van der Waals surface area contributed by atoms with Gasteiger partial charge in [-0.15, -0.1) is 0 Å². The Morgan fingerprint density at radius 1 is 1.32 bits per heavy atom. The Balaban J connectivity index is 1.81. The second-order valence-corrected chi connectivity index (χ2v) is 7.54. The van der Waals surface area contributed by atoms with Crippen LogP contribution in [0.15, 0.2) is 18.2 Å². The Morgan fingerprint density at radius 3 is 2.61 bits per heavy atom. The van der Waals surface area contributed by atoms with Gasteiger partial charge in [-0.1, -0.05) is 11.6 Å². The zero-order chi connectivity index (χ0) is 20.4. The number of aromatic nitrogens is 1. The summed E-state index contributed by atoms with van der Waals surface area (Å²) < 4.78 is 4.83. The van der Waals surface area contributed by atoms with Gasteiger partial charge in [-0.25, -0.2) is 4.79 Å². The standard InChI is InChI=1S/C19H23ClN4O4/c1-10(24-7-5-11(6-8-24)17(21)25)18(26)23-15-13-9-12(20)3-4-14(13)22-16(15)19(27)28-2/h3-4,9-11,22H,5-8H2,1-2H3,(H2,21,25)(H,23,26)/p+1/t10-/m1/s1. The molecule has 9 heteroatoms. The summed E-state index contributed by atoms with van der Waals surface area (Å²) in [6, 6.07) is 4.76. The molecule has 8 nitrogen and oxygen atoms in total. The van der Waals surface area contributed by atoms with Gasteiger partial charge in [0.15, 0.2) is 6.04 Å². The van der Waals surface area contributed by atoms with Crippen LogP contribution in [-0.2, 0) is 14.3 Å². The van der Waals surface area contributed by atoms with Crippen molar-refractivity contribution < 1.29 is 24.0 Å². The van der Waals surface area contributed by atoms with Gasteiger partial charge >= 0.3 is 5.97 Å². The minimum Gasteiger partial charge on any atom is -0.464 e. The summed E-state index contributed by atoms with van der Waals surface area (Å²) in [5, 5.41) is 3.99. The van der Waals surface area contributed by atoms with Gasteiger partial charge in [-0.3, -0.25) is 9.59 Å². The summed E-state index contributed by atoms with van der Waals surface area (Å²) in [6.07, 6.45) is 1.33. The van der Waals surface area contributed by atoms with Gasteiger partial charge < -0.3 is 25.7 Å². The number of esters is 1. The fourth-order valence-corrected chi connectivity index (χ4v) is 3.84. The van der Waals surface area contributed by atoms with Crippen LogP contribution in [0.2, 0.25) is 5.02 Å². The highest BCUT2D eigenvalue weighted by molar-refractivity contribution is 6.31. The van der Waals surface area contributed by atoms with Crippen LogP contribution in [0.25, 0.3) is 10.9 Å². The van der Waals surface area contributed by atoms with Gasteiger partial charge in [0.05, 0.1) is 25.9 Å². The van der Waals surface area contributed by atoms with Gasteiger partial charge in [-0.2, -0.15) is 0 Å². The number of quaternary nitrogens is 1. The maximum Gasteiger partial charge on any atom is 0.356 e. The van der Waals surface area contributed by atoms with Crippen molar-refractivity contribution in [2.45, 2.75) is 25.8 Å². The smallest absolute Gasteiger partial charge is 0.356 e. The van der Waals surface area contributed by atoms with E-state index < -0.39 is 5.97 Å². The average molecular weight is 408 g/mol. The number of nitrogens with two attached hydrogens (primary N) is 1. The summed E-state index contributed by atoms with van der Waals surface area (Å²) in [5.41, 5.74) is 6.57. The van der Waals surface area contributed by atoms with Crippen molar-refractivity contribution in [3.8, 4) is 0 Å². The number of likely N-dealkylation sites (tertiary alicyclic amines) is 1. The van der Waals surface area contributed by atoms with Crippen LogP contribution in [0, 0.1) is 5.92 Å². The van der Waals surface area contributed by atoms with Crippen LogP contribution in [0.4, 0.5) is 5.69 Å². The summed E-state index contributed by atoms with van der Waals surface area (Å²) in [5.74, 6) is -1.21. The van der Waals surface area contributed by atoms with E-state index in [-0.39, 0.29) is 29.5 Å². The Kier molecular flexibility index (Phi) is 5.90. The Bertz CT molecular complexity index is 918. The topological polar surface area (TPSA) is 119 Å². The molecule has 0 unspecified atom stereocenters. The number of H-pyrrole nitrogens is 1. The van der Waals surface area contributed by atoms with Gasteiger partial charge in [-0.05, 0) is 25.1 Å². The lowest BCUT2D eigenvalue weighted by atomic mass is 9.95. The second kappa shape index (κ2) is 8.20. The number of anilines is 1. The molecular formula is C19H24ClN4O4+. The molecule has 2 heterocycles. The Labute approximate surface area is 167 Å². The molecule has 28 heavy (non-hydrogen) atoms. The molecule has 5 N–H and O–H groups in total. The SMILES string of the molecule is COC(=O)c1[nH]c2ccc(Cl)cc2c1NC(=O)[C@@H](C)[NH+]1CCC(C(N)=O)CC1. The molecule has 1 aliphatic heterocycles. The molecule has 1 aromatic carbocycles. The highest BCUT2D eigenvalue weighted by Crippen LogP contribution is 2.30. The van der Waals surface area contributed by atoms with E-state index in [0.29, 0.717) is 47.5 Å². The lowest BCUT2D eigenvalue weighted by molar-refractivity contribution is -0.919. The molecule has 2 aromatic rings. The van der Waals surface area contributed by atoms with Gasteiger partial charge in [0.1, 0.15) is 5.69 Å². The van der Waals surface area contributed by atoms with Crippen LogP contribution in [-0.4, -0.2) is 49.0 Å². The van der Waals surface area contributed by atoms with Crippen molar-refractivity contribution in [1.82, 2.24) is 4.98 Å². The van der Waals surface area contributed by atoms with Gasteiger partial charge in [0, 0.05) is 34.7 Å². The largest absolute Gasteiger partial charge is 0.464 e. The highest BCUT2D eigenvalue weighted by atomic mass is 35.5. The summed E-state index contributed by atoms with van der Waals surface area (Å²) in [6.45, 7) is 3.20. The lowest BCUT2D eigenvalue weighted by Crippen LogP contribution is -3.17. The molecule has 0 spiro atoms. The number of nitrogens with one attached hydrogen (secondary N) is 3. The van der Waals surface area contributed by atoms with Crippen LogP contribution in [0.3, 0.4) is 0 Å². The number of halogens is 1. The molecule has 1 aromatic heterocycles. The first-order chi connectivity index (χ1) is 13.3.